The van der Waals surface area contributed by atoms with E-state index in [1.807, 2.05) is 13.8 Å². The molecule has 1 saturated carbocycles. The number of amides is 4. The zero-order chi connectivity index (χ0) is 19.1. The van der Waals surface area contributed by atoms with Gasteiger partial charge in [-0.05, 0) is 44.0 Å². The van der Waals surface area contributed by atoms with Crippen molar-refractivity contribution in [3.8, 4) is 0 Å². The second-order valence-electron chi connectivity index (χ2n) is 7.03. The molecule has 0 radical (unpaired) electrons. The van der Waals surface area contributed by atoms with Crippen LogP contribution in [0.5, 0.6) is 0 Å². The molecule has 7 nitrogen and oxygen atoms in total. The summed E-state index contributed by atoms with van der Waals surface area (Å²) in [4.78, 5) is 35.7. The largest absolute Gasteiger partial charge is 0.374 e. The molecule has 1 unspecified atom stereocenters. The molecule has 2 rings (SSSR count). The third-order valence-electron chi connectivity index (χ3n) is 4.38. The molecule has 0 heterocycles. The fourth-order valence-corrected chi connectivity index (χ4v) is 2.76. The molecule has 1 aliphatic rings. The number of imide groups is 1. The van der Waals surface area contributed by atoms with Crippen molar-refractivity contribution < 1.29 is 14.4 Å². The maximum Gasteiger partial charge on any atom is 0.321 e. The van der Waals surface area contributed by atoms with Gasteiger partial charge in [0.2, 0.25) is 11.8 Å². The van der Waals surface area contributed by atoms with Crippen molar-refractivity contribution in [1.82, 2.24) is 10.6 Å². The smallest absolute Gasteiger partial charge is 0.321 e. The third kappa shape index (κ3) is 6.06. The summed E-state index contributed by atoms with van der Waals surface area (Å²) < 4.78 is 0. The lowest BCUT2D eigenvalue weighted by molar-refractivity contribution is -0.120. The molecule has 0 aliphatic heterocycles. The van der Waals surface area contributed by atoms with E-state index in [4.69, 9.17) is 0 Å². The Bertz CT molecular complexity index is 637. The van der Waals surface area contributed by atoms with Gasteiger partial charge in [0.05, 0.1) is 0 Å². The third-order valence-corrected chi connectivity index (χ3v) is 4.38. The second kappa shape index (κ2) is 9.22. The maximum atomic E-state index is 12.1. The summed E-state index contributed by atoms with van der Waals surface area (Å²) in [6.07, 6.45) is 4.17. The molecule has 0 saturated heterocycles. The van der Waals surface area contributed by atoms with Crippen molar-refractivity contribution in [1.29, 1.82) is 0 Å². The van der Waals surface area contributed by atoms with Gasteiger partial charge in [-0.2, -0.15) is 0 Å². The van der Waals surface area contributed by atoms with Crippen LogP contribution in [0, 0.1) is 5.92 Å². The summed E-state index contributed by atoms with van der Waals surface area (Å²) in [5.41, 5.74) is 1.42. The van der Waals surface area contributed by atoms with Crippen molar-refractivity contribution in [3.63, 3.8) is 0 Å². The quantitative estimate of drug-likeness (QED) is 0.627. The molecule has 7 heteroatoms. The Labute approximate surface area is 154 Å². The van der Waals surface area contributed by atoms with Crippen molar-refractivity contribution in [2.24, 2.45) is 5.92 Å². The van der Waals surface area contributed by atoms with E-state index < -0.39 is 18.0 Å². The monoisotopic (exact) mass is 360 g/mol. The summed E-state index contributed by atoms with van der Waals surface area (Å²) in [6, 6.07) is 6.24. The minimum absolute atomic E-state index is 0.0493. The summed E-state index contributed by atoms with van der Waals surface area (Å²) >= 11 is 0. The molecule has 1 atom stereocenters. The van der Waals surface area contributed by atoms with Gasteiger partial charge in [0.25, 0.3) is 0 Å². The van der Waals surface area contributed by atoms with Crippen LogP contribution >= 0.6 is 0 Å². The Balaban J connectivity index is 1.80. The topological polar surface area (TPSA) is 99.3 Å². The van der Waals surface area contributed by atoms with Crippen LogP contribution in [0.4, 0.5) is 16.2 Å². The van der Waals surface area contributed by atoms with E-state index in [9.17, 15) is 14.4 Å². The van der Waals surface area contributed by atoms with Crippen molar-refractivity contribution >= 4 is 29.2 Å². The minimum Gasteiger partial charge on any atom is -0.374 e. The zero-order valence-corrected chi connectivity index (χ0v) is 15.6. The van der Waals surface area contributed by atoms with Gasteiger partial charge in [0.15, 0.2) is 0 Å². The van der Waals surface area contributed by atoms with Gasteiger partial charge < -0.3 is 16.0 Å². The fraction of sp³-hybridized carbons (Fsp3) is 0.526. The zero-order valence-electron chi connectivity index (χ0n) is 15.6. The van der Waals surface area contributed by atoms with Gasteiger partial charge >= 0.3 is 6.03 Å². The molecule has 4 N–H and O–H groups in total. The molecular formula is C19H28N4O3. The van der Waals surface area contributed by atoms with Gasteiger partial charge in [-0.15, -0.1) is 0 Å². The maximum absolute atomic E-state index is 12.1. The van der Waals surface area contributed by atoms with E-state index in [0.29, 0.717) is 5.69 Å². The predicted molar refractivity (Wildman–Crippen MR) is 102 cm³/mol. The minimum atomic E-state index is -0.569. The number of urea groups is 1. The van der Waals surface area contributed by atoms with Crippen LogP contribution in [0.3, 0.4) is 0 Å². The number of hydrogen-bond donors (Lipinski definition) is 4. The van der Waals surface area contributed by atoms with Crippen LogP contribution in [0.25, 0.3) is 0 Å². The average Bonchev–Trinajstić information content (AvgIpc) is 3.09. The number of benzene rings is 1. The Morgan fingerprint density at radius 1 is 0.923 bits per heavy atom. The Kier molecular flexibility index (Phi) is 7.00. The highest BCUT2D eigenvalue weighted by molar-refractivity contribution is 5.98. The van der Waals surface area contributed by atoms with Gasteiger partial charge in [-0.1, -0.05) is 26.7 Å². The average molecular weight is 360 g/mol. The predicted octanol–water partition coefficient (Wildman–Crippen LogP) is 2.85. The van der Waals surface area contributed by atoms with E-state index in [1.54, 1.807) is 31.2 Å². The van der Waals surface area contributed by atoms with E-state index in [1.165, 1.54) is 0 Å². The Morgan fingerprint density at radius 3 is 2.08 bits per heavy atom. The van der Waals surface area contributed by atoms with Crippen LogP contribution in [0.2, 0.25) is 0 Å². The summed E-state index contributed by atoms with van der Waals surface area (Å²) in [6.45, 7) is 5.34. The summed E-state index contributed by atoms with van der Waals surface area (Å²) in [5.74, 6) is -0.531. The second-order valence-corrected chi connectivity index (χ2v) is 7.03. The summed E-state index contributed by atoms with van der Waals surface area (Å²) in [7, 11) is 0. The number of carbonyl (C=O) groups is 3. The first-order chi connectivity index (χ1) is 12.3. The number of nitrogens with one attached hydrogen (secondary N) is 4. The van der Waals surface area contributed by atoms with E-state index in [-0.39, 0.29) is 17.9 Å². The molecule has 1 aromatic rings. The highest BCUT2D eigenvalue weighted by Gasteiger charge is 2.20. The molecule has 0 bridgehead atoms. The molecule has 1 fully saturated rings. The molecule has 1 aromatic carbocycles. The first kappa shape index (κ1) is 19.8. The van der Waals surface area contributed by atoms with Gasteiger partial charge in [-0.25, -0.2) is 4.79 Å². The van der Waals surface area contributed by atoms with Crippen LogP contribution in [0.15, 0.2) is 24.3 Å². The molecule has 142 valence electrons. The van der Waals surface area contributed by atoms with Crippen LogP contribution < -0.4 is 21.3 Å². The first-order valence-electron chi connectivity index (χ1n) is 9.14. The van der Waals surface area contributed by atoms with Crippen LogP contribution in [-0.4, -0.2) is 29.9 Å². The Morgan fingerprint density at radius 2 is 1.50 bits per heavy atom. The van der Waals surface area contributed by atoms with Gasteiger partial charge in [0.1, 0.15) is 6.04 Å². The van der Waals surface area contributed by atoms with Crippen LogP contribution in [-0.2, 0) is 9.59 Å². The van der Waals surface area contributed by atoms with Crippen molar-refractivity contribution in [2.75, 3.05) is 10.6 Å². The van der Waals surface area contributed by atoms with E-state index in [2.05, 4.69) is 21.3 Å². The number of rotatable bonds is 6. The highest BCUT2D eigenvalue weighted by atomic mass is 16.2. The molecule has 26 heavy (non-hydrogen) atoms. The SMILES string of the molecule is CC(C)C(=O)Nc1ccc(NC(C)C(=O)NC(=O)NC2CCCC2)cc1. The Hall–Kier alpha value is -2.57. The molecular weight excluding hydrogens is 332 g/mol. The van der Waals surface area contributed by atoms with Crippen molar-refractivity contribution in [3.05, 3.63) is 24.3 Å². The van der Waals surface area contributed by atoms with Gasteiger partial charge in [0, 0.05) is 23.3 Å². The lowest BCUT2D eigenvalue weighted by Crippen LogP contribution is -2.48. The number of carbonyl (C=O) groups excluding carboxylic acids is 3. The van der Waals surface area contributed by atoms with E-state index in [0.717, 1.165) is 31.4 Å². The first-order valence-corrected chi connectivity index (χ1v) is 9.14. The fourth-order valence-electron chi connectivity index (χ4n) is 2.76. The molecule has 4 amide bonds. The normalized spacial score (nSPS) is 15.4. The van der Waals surface area contributed by atoms with Crippen molar-refractivity contribution in [2.45, 2.75) is 58.5 Å². The van der Waals surface area contributed by atoms with Crippen LogP contribution in [0.1, 0.15) is 46.5 Å². The van der Waals surface area contributed by atoms with E-state index >= 15 is 0 Å². The summed E-state index contributed by atoms with van der Waals surface area (Å²) in [5, 5.41) is 11.0. The molecule has 0 spiro atoms. The number of anilines is 2. The van der Waals surface area contributed by atoms with Gasteiger partial charge in [-0.3, -0.25) is 14.9 Å². The number of hydrogen-bond acceptors (Lipinski definition) is 4. The standard InChI is InChI=1S/C19H28N4O3/c1-12(2)17(24)21-16-10-8-15(9-11-16)20-13(3)18(25)23-19(26)22-14-6-4-5-7-14/h8-14,20H,4-7H2,1-3H3,(H,21,24)(H2,22,23,25,26). The highest BCUT2D eigenvalue weighted by Crippen LogP contribution is 2.17. The lowest BCUT2D eigenvalue weighted by Gasteiger charge is -2.17. The molecule has 1 aliphatic carbocycles. The lowest BCUT2D eigenvalue weighted by atomic mass is 10.2. The molecule has 0 aromatic heterocycles.